The Morgan fingerprint density at radius 2 is 0.966 bits per heavy atom. The van der Waals surface area contributed by atoms with Gasteiger partial charge >= 0.3 is 0 Å². The van der Waals surface area contributed by atoms with Crippen LogP contribution >= 0.6 is 0 Å². The molecule has 8 aromatic carbocycles. The molecule has 5 heteroatoms. The van der Waals surface area contributed by atoms with Crippen molar-refractivity contribution in [3.63, 3.8) is 0 Å². The molecule has 0 N–H and O–H groups in total. The highest BCUT2D eigenvalue weighted by Gasteiger charge is 2.35. The minimum Gasteiger partial charge on any atom is -0.456 e. The normalized spacial score (nSPS) is 13.1. The molecule has 0 radical (unpaired) electrons. The fourth-order valence-electron chi connectivity index (χ4n) is 9.30. The molecule has 1 aliphatic rings. The third kappa shape index (κ3) is 5.21. The Labute approximate surface area is 340 Å². The van der Waals surface area contributed by atoms with Crippen LogP contribution in [0, 0.1) is 0 Å². The summed E-state index contributed by atoms with van der Waals surface area (Å²) >= 11 is 0. The van der Waals surface area contributed by atoms with Crippen LogP contribution in [0.1, 0.15) is 25.0 Å². The van der Waals surface area contributed by atoms with Gasteiger partial charge in [-0.3, -0.25) is 0 Å². The molecule has 0 spiro atoms. The average Bonchev–Trinajstić information content (AvgIpc) is 3.91. The van der Waals surface area contributed by atoms with E-state index in [4.69, 9.17) is 19.4 Å². The van der Waals surface area contributed by atoms with E-state index < -0.39 is 0 Å². The first kappa shape index (κ1) is 33.5. The van der Waals surface area contributed by atoms with Crippen molar-refractivity contribution < 1.29 is 4.42 Å². The van der Waals surface area contributed by atoms with Crippen molar-refractivity contribution in [1.29, 1.82) is 0 Å². The molecule has 0 aliphatic heterocycles. The van der Waals surface area contributed by atoms with E-state index in [0.29, 0.717) is 17.5 Å². The highest BCUT2D eigenvalue weighted by molar-refractivity contribution is 6.11. The van der Waals surface area contributed by atoms with Gasteiger partial charge in [-0.1, -0.05) is 141 Å². The zero-order valence-corrected chi connectivity index (χ0v) is 32.5. The Hall–Kier alpha value is -7.63. The smallest absolute Gasteiger partial charge is 0.164 e. The summed E-state index contributed by atoms with van der Waals surface area (Å²) in [6.45, 7) is 4.59. The molecule has 0 unspecified atom stereocenters. The second-order valence-corrected chi connectivity index (χ2v) is 16.0. The molecule has 0 atom stereocenters. The number of para-hydroxylation sites is 1. The Morgan fingerprint density at radius 1 is 0.390 bits per heavy atom. The van der Waals surface area contributed by atoms with Crippen molar-refractivity contribution in [3.8, 4) is 62.1 Å². The zero-order valence-electron chi connectivity index (χ0n) is 32.5. The Kier molecular flexibility index (Phi) is 7.20. The van der Waals surface area contributed by atoms with Crippen LogP contribution in [-0.2, 0) is 5.41 Å². The highest BCUT2D eigenvalue weighted by Crippen LogP contribution is 2.49. The van der Waals surface area contributed by atoms with E-state index in [-0.39, 0.29) is 5.41 Å². The zero-order chi connectivity index (χ0) is 39.2. The molecular weight excluding hydrogens is 721 g/mol. The number of fused-ring (bicyclic) bond motifs is 9. The third-order valence-electron chi connectivity index (χ3n) is 12.3. The van der Waals surface area contributed by atoms with E-state index in [0.717, 1.165) is 55.3 Å². The quantitative estimate of drug-likeness (QED) is 0.175. The van der Waals surface area contributed by atoms with Crippen LogP contribution in [0.25, 0.3) is 106 Å². The molecule has 12 rings (SSSR count). The number of rotatable bonds is 5. The van der Waals surface area contributed by atoms with Crippen LogP contribution in [0.3, 0.4) is 0 Å². The summed E-state index contributed by atoms with van der Waals surface area (Å²) in [4.78, 5) is 15.3. The molecular formula is C54H36N4O. The lowest BCUT2D eigenvalue weighted by Gasteiger charge is -2.21. The van der Waals surface area contributed by atoms with Gasteiger partial charge in [-0.15, -0.1) is 0 Å². The number of furan rings is 1. The van der Waals surface area contributed by atoms with E-state index in [1.165, 1.54) is 44.2 Å². The molecule has 0 saturated carbocycles. The summed E-state index contributed by atoms with van der Waals surface area (Å²) in [5, 5.41) is 4.54. The lowest BCUT2D eigenvalue weighted by molar-refractivity contribution is 0.660. The largest absolute Gasteiger partial charge is 0.456 e. The first-order valence-corrected chi connectivity index (χ1v) is 20.1. The molecule has 3 aromatic heterocycles. The predicted octanol–water partition coefficient (Wildman–Crippen LogP) is 13.8. The van der Waals surface area contributed by atoms with Crippen molar-refractivity contribution in [3.05, 3.63) is 193 Å². The number of benzene rings is 8. The molecule has 0 fully saturated rings. The molecule has 59 heavy (non-hydrogen) atoms. The molecule has 1 aliphatic carbocycles. The van der Waals surface area contributed by atoms with Crippen molar-refractivity contribution in [2.45, 2.75) is 19.3 Å². The summed E-state index contributed by atoms with van der Waals surface area (Å²) in [5.74, 6) is 1.87. The van der Waals surface area contributed by atoms with Gasteiger partial charge in [-0.25, -0.2) is 15.0 Å². The first-order chi connectivity index (χ1) is 29.0. The number of nitrogens with zero attached hydrogens (tertiary/aromatic N) is 4. The maximum absolute atomic E-state index is 6.70. The minimum atomic E-state index is -0.139. The summed E-state index contributed by atoms with van der Waals surface area (Å²) in [5.41, 5.74) is 15.2. The number of aromatic nitrogens is 4. The van der Waals surface area contributed by atoms with Crippen LogP contribution in [0.2, 0.25) is 0 Å². The fourth-order valence-corrected chi connectivity index (χ4v) is 9.30. The van der Waals surface area contributed by atoms with Gasteiger partial charge in [0.15, 0.2) is 17.5 Å². The van der Waals surface area contributed by atoms with Gasteiger partial charge in [0.25, 0.3) is 0 Å². The maximum Gasteiger partial charge on any atom is 0.164 e. The summed E-state index contributed by atoms with van der Waals surface area (Å²) in [6.07, 6.45) is 0. The van der Waals surface area contributed by atoms with Crippen LogP contribution in [0.15, 0.2) is 186 Å². The summed E-state index contributed by atoms with van der Waals surface area (Å²) < 4.78 is 9.04. The Balaban J connectivity index is 0.971. The Bertz CT molecular complexity index is 3470. The van der Waals surface area contributed by atoms with Crippen LogP contribution in [0.5, 0.6) is 0 Å². The predicted molar refractivity (Wildman–Crippen MR) is 241 cm³/mol. The summed E-state index contributed by atoms with van der Waals surface area (Å²) in [6, 6.07) is 64.3. The SMILES string of the molecule is CC1(C)c2ccccc2-c2ccc(-c3nc(-c4ccccc4)nc(-c4ccc5c(c4)oc4cc(-n6c7ccccc7c7cc(-c8ccccc8)ccc76)ccc45)n3)cc21. The van der Waals surface area contributed by atoms with E-state index in [2.05, 4.69) is 170 Å². The van der Waals surface area contributed by atoms with Crippen LogP contribution < -0.4 is 0 Å². The average molecular weight is 757 g/mol. The molecule has 278 valence electrons. The first-order valence-electron chi connectivity index (χ1n) is 20.1. The summed E-state index contributed by atoms with van der Waals surface area (Å²) in [7, 11) is 0. The van der Waals surface area contributed by atoms with Gasteiger partial charge in [0.2, 0.25) is 0 Å². The third-order valence-corrected chi connectivity index (χ3v) is 12.3. The Morgan fingerprint density at radius 3 is 1.76 bits per heavy atom. The molecule has 0 bridgehead atoms. The molecule has 11 aromatic rings. The molecule has 0 amide bonds. The van der Waals surface area contributed by atoms with Crippen molar-refractivity contribution in [2.75, 3.05) is 0 Å². The van der Waals surface area contributed by atoms with Gasteiger partial charge in [0.1, 0.15) is 11.2 Å². The van der Waals surface area contributed by atoms with Crippen LogP contribution in [0.4, 0.5) is 0 Å². The van der Waals surface area contributed by atoms with Crippen LogP contribution in [-0.4, -0.2) is 19.5 Å². The van der Waals surface area contributed by atoms with E-state index >= 15 is 0 Å². The van der Waals surface area contributed by atoms with Gasteiger partial charge in [-0.2, -0.15) is 0 Å². The van der Waals surface area contributed by atoms with Gasteiger partial charge in [-0.05, 0) is 81.9 Å². The van der Waals surface area contributed by atoms with Gasteiger partial charge < -0.3 is 8.98 Å². The second-order valence-electron chi connectivity index (χ2n) is 16.0. The molecule has 3 heterocycles. The number of hydrogen-bond donors (Lipinski definition) is 0. The maximum atomic E-state index is 6.70. The van der Waals surface area contributed by atoms with Crippen molar-refractivity contribution in [1.82, 2.24) is 19.5 Å². The van der Waals surface area contributed by atoms with Crippen molar-refractivity contribution >= 4 is 43.7 Å². The number of hydrogen-bond acceptors (Lipinski definition) is 4. The standard InChI is InChI=1S/C54H36N4O/c1-54(2)45-19-11-9-17-39(45)40-25-21-36(30-46(40)54)52-55-51(34-15-7-4-8-16-34)56-53(57-52)37-22-26-42-43-27-24-38(32-50(43)59-49(42)31-37)58-47-20-12-10-18-41(47)44-29-35(23-28-48(44)58)33-13-5-3-6-14-33/h3-32H,1-2H3. The topological polar surface area (TPSA) is 56.7 Å². The van der Waals surface area contributed by atoms with Gasteiger partial charge in [0.05, 0.1) is 11.0 Å². The monoisotopic (exact) mass is 756 g/mol. The van der Waals surface area contributed by atoms with Crippen molar-refractivity contribution in [2.24, 2.45) is 0 Å². The van der Waals surface area contributed by atoms with E-state index in [1.807, 2.05) is 30.3 Å². The molecule has 5 nitrogen and oxygen atoms in total. The van der Waals surface area contributed by atoms with Gasteiger partial charge in [0, 0.05) is 55.4 Å². The second kappa shape index (κ2) is 12.7. The lowest BCUT2D eigenvalue weighted by Crippen LogP contribution is -2.15. The minimum absolute atomic E-state index is 0.139. The highest BCUT2D eigenvalue weighted by atomic mass is 16.3. The van der Waals surface area contributed by atoms with E-state index in [1.54, 1.807) is 0 Å². The molecule has 0 saturated heterocycles. The fraction of sp³-hybridized carbons (Fsp3) is 0.0556. The van der Waals surface area contributed by atoms with E-state index in [9.17, 15) is 0 Å². The lowest BCUT2D eigenvalue weighted by atomic mass is 9.82.